The molecule has 0 bridgehead atoms. The van der Waals surface area contributed by atoms with Crippen molar-refractivity contribution in [3.8, 4) is 16.3 Å². The number of carbonyl (C=O) groups is 3. The molecule has 0 saturated carbocycles. The fourth-order valence-corrected chi connectivity index (χ4v) is 5.08. The molecule has 1 aliphatic heterocycles. The predicted molar refractivity (Wildman–Crippen MR) is 129 cm³/mol. The lowest BCUT2D eigenvalue weighted by Gasteiger charge is -2.26. The Bertz CT molecular complexity index is 1300. The highest BCUT2D eigenvalue weighted by Gasteiger charge is 2.44. The van der Waals surface area contributed by atoms with Gasteiger partial charge in [0.15, 0.2) is 5.76 Å². The topological polar surface area (TPSA) is 96.8 Å². The highest BCUT2D eigenvalue weighted by Crippen LogP contribution is 2.41. The summed E-state index contributed by atoms with van der Waals surface area (Å²) in [7, 11) is 0. The van der Waals surface area contributed by atoms with E-state index in [1.54, 1.807) is 31.2 Å². The maximum atomic E-state index is 13.8. The van der Waals surface area contributed by atoms with E-state index in [1.807, 2.05) is 37.3 Å². The van der Waals surface area contributed by atoms with Crippen LogP contribution in [-0.2, 0) is 9.59 Å². The SMILES string of the molecule is CCCN1C(=O)C(O)=C(C(=O)c2sc(-c3ccccc3)nc2C)C1c1cccc(OC(C)=O)c1. The largest absolute Gasteiger partial charge is 0.503 e. The third-order valence-corrected chi connectivity index (χ3v) is 6.68. The minimum Gasteiger partial charge on any atom is -0.503 e. The number of benzene rings is 2. The van der Waals surface area contributed by atoms with Gasteiger partial charge in [0.05, 0.1) is 22.2 Å². The standard InChI is InChI=1S/C26H24N2O5S/c1-4-13-28-21(18-11-8-12-19(14-18)33-16(3)29)20(23(31)26(28)32)22(30)24-15(2)27-25(34-24)17-9-6-5-7-10-17/h5-12,14,21,31H,4,13H2,1-3H3. The molecular formula is C26H24N2O5S. The average molecular weight is 477 g/mol. The second kappa shape index (κ2) is 9.61. The van der Waals surface area contributed by atoms with Crippen molar-refractivity contribution in [3.63, 3.8) is 0 Å². The van der Waals surface area contributed by atoms with Gasteiger partial charge in [-0.2, -0.15) is 0 Å². The van der Waals surface area contributed by atoms with Crippen LogP contribution in [0, 0.1) is 6.92 Å². The number of ether oxygens (including phenoxy) is 1. The molecular weight excluding hydrogens is 452 g/mol. The van der Waals surface area contributed by atoms with Gasteiger partial charge in [0, 0.05) is 19.0 Å². The van der Waals surface area contributed by atoms with Crippen molar-refractivity contribution >= 4 is 29.0 Å². The number of carbonyl (C=O) groups excluding carboxylic acids is 3. The summed E-state index contributed by atoms with van der Waals surface area (Å²) in [6, 6.07) is 15.4. The summed E-state index contributed by atoms with van der Waals surface area (Å²) in [5.74, 6) is -1.78. The van der Waals surface area contributed by atoms with E-state index in [1.165, 1.54) is 23.2 Å². The molecule has 7 nitrogen and oxygen atoms in total. The predicted octanol–water partition coefficient (Wildman–Crippen LogP) is 5.03. The van der Waals surface area contributed by atoms with E-state index in [4.69, 9.17) is 4.74 Å². The number of aromatic nitrogens is 1. The molecule has 1 N–H and O–H groups in total. The Morgan fingerprint density at radius 1 is 1.15 bits per heavy atom. The lowest BCUT2D eigenvalue weighted by Crippen LogP contribution is -2.31. The van der Waals surface area contributed by atoms with Crippen LogP contribution in [0.25, 0.3) is 10.6 Å². The van der Waals surface area contributed by atoms with Gasteiger partial charge < -0.3 is 14.7 Å². The van der Waals surface area contributed by atoms with E-state index in [-0.39, 0.29) is 5.57 Å². The number of esters is 1. The molecule has 0 saturated heterocycles. The molecule has 4 rings (SSSR count). The highest BCUT2D eigenvalue weighted by atomic mass is 32.1. The number of hydrogen-bond donors (Lipinski definition) is 1. The van der Waals surface area contributed by atoms with Crippen LogP contribution in [0.1, 0.15) is 47.2 Å². The van der Waals surface area contributed by atoms with Crippen molar-refractivity contribution in [1.82, 2.24) is 9.88 Å². The number of aliphatic hydroxyl groups is 1. The Kier molecular flexibility index (Phi) is 6.61. The molecule has 1 amide bonds. The molecule has 1 atom stereocenters. The fraction of sp³-hybridized carbons (Fsp3) is 0.231. The molecule has 8 heteroatoms. The molecule has 1 unspecified atom stereocenters. The van der Waals surface area contributed by atoms with E-state index in [2.05, 4.69) is 4.98 Å². The molecule has 0 aliphatic carbocycles. The molecule has 174 valence electrons. The van der Waals surface area contributed by atoms with Crippen molar-refractivity contribution in [2.75, 3.05) is 6.54 Å². The molecule has 1 aromatic heterocycles. The summed E-state index contributed by atoms with van der Waals surface area (Å²) >= 11 is 1.23. The first-order valence-electron chi connectivity index (χ1n) is 10.9. The van der Waals surface area contributed by atoms with Crippen LogP contribution in [-0.4, -0.2) is 39.2 Å². The maximum Gasteiger partial charge on any atom is 0.308 e. The molecule has 34 heavy (non-hydrogen) atoms. The lowest BCUT2D eigenvalue weighted by atomic mass is 9.95. The third kappa shape index (κ3) is 4.36. The monoisotopic (exact) mass is 476 g/mol. The van der Waals surface area contributed by atoms with Gasteiger partial charge in [-0.3, -0.25) is 14.4 Å². The molecule has 3 aromatic rings. The lowest BCUT2D eigenvalue weighted by molar-refractivity contribution is -0.132. The van der Waals surface area contributed by atoms with Crippen LogP contribution < -0.4 is 4.74 Å². The number of hydrogen-bond acceptors (Lipinski definition) is 7. The van der Waals surface area contributed by atoms with E-state index in [0.29, 0.717) is 39.9 Å². The van der Waals surface area contributed by atoms with Crippen molar-refractivity contribution in [1.29, 1.82) is 0 Å². The number of aryl methyl sites for hydroxylation is 1. The van der Waals surface area contributed by atoms with Crippen molar-refractivity contribution in [2.24, 2.45) is 0 Å². The Morgan fingerprint density at radius 2 is 1.88 bits per heavy atom. The third-order valence-electron chi connectivity index (χ3n) is 5.47. The molecule has 2 heterocycles. The number of ketones is 1. The average Bonchev–Trinajstić information content (AvgIpc) is 3.32. The molecule has 0 spiro atoms. The van der Waals surface area contributed by atoms with Crippen LogP contribution >= 0.6 is 11.3 Å². The van der Waals surface area contributed by atoms with Gasteiger partial charge in [-0.15, -0.1) is 11.3 Å². The quantitative estimate of drug-likeness (QED) is 0.292. The van der Waals surface area contributed by atoms with Gasteiger partial charge in [-0.1, -0.05) is 49.4 Å². The zero-order valence-corrected chi connectivity index (χ0v) is 19.9. The van der Waals surface area contributed by atoms with E-state index < -0.39 is 29.5 Å². The van der Waals surface area contributed by atoms with Gasteiger partial charge in [0.25, 0.3) is 5.91 Å². The maximum absolute atomic E-state index is 13.8. The first-order valence-corrected chi connectivity index (χ1v) is 11.7. The Balaban J connectivity index is 1.79. The number of nitrogens with zero attached hydrogens (tertiary/aromatic N) is 2. The molecule has 0 radical (unpaired) electrons. The van der Waals surface area contributed by atoms with Crippen molar-refractivity contribution in [2.45, 2.75) is 33.2 Å². The Labute approximate surface area is 201 Å². The molecule has 2 aromatic carbocycles. The number of Topliss-reactive ketones (excluding diaryl/α,β-unsaturated/α-hetero) is 1. The van der Waals surface area contributed by atoms with Gasteiger partial charge in [-0.25, -0.2) is 4.98 Å². The normalized spacial score (nSPS) is 15.7. The van der Waals surface area contributed by atoms with E-state index in [0.717, 1.165) is 5.56 Å². The summed E-state index contributed by atoms with van der Waals surface area (Å²) in [5.41, 5.74) is 1.99. The zero-order valence-electron chi connectivity index (χ0n) is 19.1. The summed E-state index contributed by atoms with van der Waals surface area (Å²) in [5, 5.41) is 11.5. The van der Waals surface area contributed by atoms with E-state index in [9.17, 15) is 19.5 Å². The van der Waals surface area contributed by atoms with Crippen molar-refractivity contribution < 1.29 is 24.2 Å². The van der Waals surface area contributed by atoms with Crippen molar-refractivity contribution in [3.05, 3.63) is 82.1 Å². The first kappa shape index (κ1) is 23.4. The van der Waals surface area contributed by atoms with Gasteiger partial charge >= 0.3 is 5.97 Å². The minimum absolute atomic E-state index is 0.00443. The summed E-state index contributed by atoms with van der Waals surface area (Å²) < 4.78 is 5.20. The van der Waals surface area contributed by atoms with Crippen LogP contribution in [0.15, 0.2) is 65.9 Å². The van der Waals surface area contributed by atoms with Crippen LogP contribution in [0.5, 0.6) is 5.75 Å². The Morgan fingerprint density at radius 3 is 2.56 bits per heavy atom. The fourth-order valence-electron chi connectivity index (χ4n) is 4.05. The number of thiazole rings is 1. The van der Waals surface area contributed by atoms with Crippen LogP contribution in [0.3, 0.4) is 0 Å². The number of aliphatic hydroxyl groups excluding tert-OH is 1. The van der Waals surface area contributed by atoms with Crippen LogP contribution in [0.2, 0.25) is 0 Å². The number of amides is 1. The summed E-state index contributed by atoms with van der Waals surface area (Å²) in [6.45, 7) is 5.30. The molecule has 0 fully saturated rings. The first-order chi connectivity index (χ1) is 16.3. The van der Waals surface area contributed by atoms with Gasteiger partial charge in [0.1, 0.15) is 10.8 Å². The Hall–Kier alpha value is -3.78. The molecule has 1 aliphatic rings. The summed E-state index contributed by atoms with van der Waals surface area (Å²) in [4.78, 5) is 44.6. The highest BCUT2D eigenvalue weighted by molar-refractivity contribution is 7.17. The van der Waals surface area contributed by atoms with Gasteiger partial charge in [-0.05, 0) is 31.0 Å². The number of rotatable bonds is 7. The summed E-state index contributed by atoms with van der Waals surface area (Å²) in [6.07, 6.45) is 0.637. The zero-order chi connectivity index (χ0) is 24.4. The second-order valence-corrected chi connectivity index (χ2v) is 8.96. The van der Waals surface area contributed by atoms with E-state index >= 15 is 0 Å². The van der Waals surface area contributed by atoms with Gasteiger partial charge in [0.2, 0.25) is 5.78 Å². The minimum atomic E-state index is -0.808. The second-order valence-electron chi connectivity index (χ2n) is 7.96. The van der Waals surface area contributed by atoms with Crippen LogP contribution in [0.4, 0.5) is 0 Å². The smallest absolute Gasteiger partial charge is 0.308 e.